The molecule has 2 atom stereocenters. The first-order valence-electron chi connectivity index (χ1n) is 15.1. The van der Waals surface area contributed by atoms with Gasteiger partial charge in [-0.25, -0.2) is 23.0 Å². The van der Waals surface area contributed by atoms with Gasteiger partial charge in [0.25, 0.3) is 5.91 Å². The minimum absolute atomic E-state index is 0.0545. The Hall–Kier alpha value is -4.42. The summed E-state index contributed by atoms with van der Waals surface area (Å²) >= 11 is 0. The van der Waals surface area contributed by atoms with Gasteiger partial charge in [-0.2, -0.15) is 23.5 Å². The van der Waals surface area contributed by atoms with E-state index in [1.54, 1.807) is 12.3 Å². The Morgan fingerprint density at radius 1 is 1.09 bits per heavy atom. The molecule has 2 aliphatic carbocycles. The van der Waals surface area contributed by atoms with Gasteiger partial charge in [-0.05, 0) is 55.6 Å². The van der Waals surface area contributed by atoms with Crippen molar-refractivity contribution in [2.75, 3.05) is 0 Å². The molecule has 3 heterocycles. The number of carbonyl (C=O) groups excluding carboxylic acids is 2. The molecule has 2 N–H and O–H groups in total. The highest BCUT2D eigenvalue weighted by Crippen LogP contribution is 2.43. The standard InChI is InChI=1S/C30H34F5N9O2/c1-18(3-2-12-36)16-43-23(15-37-42-43)28(46)41-27(20-6-9-29(31,32)10-7-20)22-17-44-24(39-22)13-21(14-38-44)26(19-4-5-19)40-25(45)8-11-30(33,34)35/h13-15,17,19-20,26-27H,1-11,16H2,(H,40,45)(H,41,46)/t26?,27-/m0/s1. The van der Waals surface area contributed by atoms with E-state index in [0.717, 1.165) is 12.8 Å². The Morgan fingerprint density at radius 2 is 1.80 bits per heavy atom. The summed E-state index contributed by atoms with van der Waals surface area (Å²) in [6.45, 7) is 4.09. The molecule has 0 radical (unpaired) electrons. The lowest BCUT2D eigenvalue weighted by Crippen LogP contribution is -2.38. The summed E-state index contributed by atoms with van der Waals surface area (Å²) in [6, 6.07) is 2.42. The van der Waals surface area contributed by atoms with Crippen LogP contribution < -0.4 is 10.6 Å². The summed E-state index contributed by atoms with van der Waals surface area (Å²) in [5.41, 5.74) is 2.14. The van der Waals surface area contributed by atoms with Gasteiger partial charge >= 0.3 is 6.18 Å². The molecule has 16 heteroatoms. The van der Waals surface area contributed by atoms with Gasteiger partial charge in [0, 0.05) is 25.7 Å². The average molecular weight is 648 g/mol. The number of alkyl halides is 5. The largest absolute Gasteiger partial charge is 0.389 e. The lowest BCUT2D eigenvalue weighted by molar-refractivity contribution is -0.144. The van der Waals surface area contributed by atoms with Crippen molar-refractivity contribution in [3.05, 3.63) is 53.8 Å². The molecule has 2 saturated carbocycles. The molecule has 46 heavy (non-hydrogen) atoms. The zero-order valence-corrected chi connectivity index (χ0v) is 24.9. The Labute approximate surface area is 261 Å². The molecule has 2 aliphatic rings. The van der Waals surface area contributed by atoms with Crippen LogP contribution in [0.2, 0.25) is 0 Å². The number of nitrogens with one attached hydrogen (secondary N) is 2. The molecular weight excluding hydrogens is 613 g/mol. The maximum Gasteiger partial charge on any atom is 0.389 e. The number of fused-ring (bicyclic) bond motifs is 1. The predicted molar refractivity (Wildman–Crippen MR) is 153 cm³/mol. The van der Waals surface area contributed by atoms with E-state index in [9.17, 15) is 31.5 Å². The van der Waals surface area contributed by atoms with Crippen LogP contribution in [0.4, 0.5) is 22.0 Å². The SMILES string of the molecule is C=C(CCC#N)Cn1nncc1C(=O)N[C@H](c1cn2ncc(C(NC(=O)CCC(F)(F)F)C3CC3)cc2n1)C1CCC(F)(F)CC1. The number of hydrogen-bond donors (Lipinski definition) is 2. The van der Waals surface area contributed by atoms with Crippen molar-refractivity contribution in [1.82, 2.24) is 40.2 Å². The second-order valence-electron chi connectivity index (χ2n) is 12.1. The van der Waals surface area contributed by atoms with Crippen LogP contribution in [0.5, 0.6) is 0 Å². The minimum atomic E-state index is -4.44. The number of hydrogen-bond acceptors (Lipinski definition) is 7. The highest BCUT2D eigenvalue weighted by atomic mass is 19.4. The van der Waals surface area contributed by atoms with E-state index in [4.69, 9.17) is 5.26 Å². The maximum atomic E-state index is 14.1. The van der Waals surface area contributed by atoms with Crippen molar-refractivity contribution >= 4 is 17.5 Å². The zero-order chi connectivity index (χ0) is 33.1. The van der Waals surface area contributed by atoms with Crippen molar-refractivity contribution in [2.24, 2.45) is 11.8 Å². The number of allylic oxidation sites excluding steroid dienone is 1. The predicted octanol–water partition coefficient (Wildman–Crippen LogP) is 5.39. The van der Waals surface area contributed by atoms with Gasteiger partial charge in [-0.1, -0.05) is 17.4 Å². The van der Waals surface area contributed by atoms with Gasteiger partial charge in [-0.15, -0.1) is 5.10 Å². The van der Waals surface area contributed by atoms with Crippen LogP contribution >= 0.6 is 0 Å². The molecule has 3 aromatic heterocycles. The van der Waals surface area contributed by atoms with E-state index in [1.807, 2.05) is 6.07 Å². The number of rotatable bonds is 13. The number of nitrogens with zero attached hydrogens (tertiary/aromatic N) is 7. The lowest BCUT2D eigenvalue weighted by atomic mass is 9.81. The third-order valence-electron chi connectivity index (χ3n) is 8.42. The number of amides is 2. The second-order valence-corrected chi connectivity index (χ2v) is 12.1. The summed E-state index contributed by atoms with van der Waals surface area (Å²) < 4.78 is 69.0. The summed E-state index contributed by atoms with van der Waals surface area (Å²) in [4.78, 5) is 30.6. The molecule has 0 saturated heterocycles. The quantitative estimate of drug-likeness (QED) is 0.187. The monoisotopic (exact) mass is 647 g/mol. The van der Waals surface area contributed by atoms with E-state index in [-0.39, 0.29) is 56.2 Å². The Balaban J connectivity index is 1.38. The van der Waals surface area contributed by atoms with Crippen LogP contribution in [0, 0.1) is 23.2 Å². The molecule has 0 spiro atoms. The maximum absolute atomic E-state index is 14.1. The van der Waals surface area contributed by atoms with Crippen LogP contribution in [-0.2, 0) is 11.3 Å². The topological polar surface area (TPSA) is 143 Å². The molecule has 1 unspecified atom stereocenters. The molecule has 11 nitrogen and oxygen atoms in total. The molecule has 2 fully saturated rings. The van der Waals surface area contributed by atoms with Gasteiger partial charge in [0.1, 0.15) is 5.69 Å². The zero-order valence-electron chi connectivity index (χ0n) is 24.9. The van der Waals surface area contributed by atoms with E-state index in [0.29, 0.717) is 28.9 Å². The fourth-order valence-corrected chi connectivity index (χ4v) is 5.75. The van der Waals surface area contributed by atoms with Crippen molar-refractivity contribution in [3.63, 3.8) is 0 Å². The number of carbonyl (C=O) groups is 2. The third-order valence-corrected chi connectivity index (χ3v) is 8.42. The second kappa shape index (κ2) is 13.5. The molecule has 0 bridgehead atoms. The number of imidazole rings is 1. The van der Waals surface area contributed by atoms with Gasteiger partial charge in [0.15, 0.2) is 5.65 Å². The third kappa shape index (κ3) is 8.43. The summed E-state index contributed by atoms with van der Waals surface area (Å²) in [5.74, 6) is -4.36. The smallest absolute Gasteiger partial charge is 0.349 e. The van der Waals surface area contributed by atoms with Gasteiger partial charge < -0.3 is 10.6 Å². The molecule has 3 aromatic rings. The van der Waals surface area contributed by atoms with E-state index < -0.39 is 48.8 Å². The number of halogens is 5. The minimum Gasteiger partial charge on any atom is -0.349 e. The molecular formula is C30H34F5N9O2. The fourth-order valence-electron chi connectivity index (χ4n) is 5.75. The van der Waals surface area contributed by atoms with Gasteiger partial charge in [0.2, 0.25) is 11.8 Å². The molecule has 0 aromatic carbocycles. The lowest BCUT2D eigenvalue weighted by Gasteiger charge is -2.33. The van der Waals surface area contributed by atoms with Crippen molar-refractivity contribution < 1.29 is 31.5 Å². The molecule has 246 valence electrons. The highest BCUT2D eigenvalue weighted by Gasteiger charge is 2.40. The highest BCUT2D eigenvalue weighted by molar-refractivity contribution is 5.92. The van der Waals surface area contributed by atoms with Crippen molar-refractivity contribution in [3.8, 4) is 6.07 Å². The van der Waals surface area contributed by atoms with Crippen LogP contribution in [0.15, 0.2) is 36.8 Å². The number of aromatic nitrogens is 6. The van der Waals surface area contributed by atoms with Crippen LogP contribution in [0.1, 0.15) is 98.0 Å². The van der Waals surface area contributed by atoms with Gasteiger partial charge in [-0.3, -0.25) is 9.59 Å². The van der Waals surface area contributed by atoms with E-state index in [1.165, 1.54) is 21.6 Å². The Morgan fingerprint density at radius 3 is 2.48 bits per heavy atom. The first kappa shape index (κ1) is 33.0. The molecule has 2 amide bonds. The van der Waals surface area contributed by atoms with E-state index in [2.05, 4.69) is 37.6 Å². The summed E-state index contributed by atoms with van der Waals surface area (Å²) in [5, 5.41) is 26.7. The normalized spacial score (nSPS) is 18.1. The van der Waals surface area contributed by atoms with Gasteiger partial charge in [0.05, 0.1) is 55.4 Å². The van der Waals surface area contributed by atoms with Crippen molar-refractivity contribution in [1.29, 1.82) is 5.26 Å². The molecule has 5 rings (SSSR count). The Bertz CT molecular complexity index is 1610. The van der Waals surface area contributed by atoms with Crippen LogP contribution in [0.25, 0.3) is 5.65 Å². The van der Waals surface area contributed by atoms with E-state index >= 15 is 0 Å². The first-order valence-corrected chi connectivity index (χ1v) is 15.1. The molecule has 0 aliphatic heterocycles. The Kier molecular flexibility index (Phi) is 9.68. The fraction of sp³-hybridized carbons (Fsp3) is 0.567. The average Bonchev–Trinajstić information content (AvgIpc) is 3.58. The first-order chi connectivity index (χ1) is 21.8. The van der Waals surface area contributed by atoms with Crippen molar-refractivity contribution in [2.45, 2.75) is 94.9 Å². The summed E-state index contributed by atoms with van der Waals surface area (Å²) in [7, 11) is 0. The van der Waals surface area contributed by atoms with Crippen LogP contribution in [0.3, 0.4) is 0 Å². The number of nitriles is 1. The van der Waals surface area contributed by atoms with Crippen LogP contribution in [-0.4, -0.2) is 53.5 Å². The summed E-state index contributed by atoms with van der Waals surface area (Å²) in [6.07, 6.45) is -0.0488.